The highest BCUT2D eigenvalue weighted by atomic mass is 16.2. The number of H-pyrrole nitrogens is 1. The number of nitrogens with one attached hydrogen (secondary N) is 3. The van der Waals surface area contributed by atoms with Gasteiger partial charge in [-0.1, -0.05) is 6.07 Å². The van der Waals surface area contributed by atoms with Crippen molar-refractivity contribution in [2.75, 3.05) is 25.0 Å². The standard InChI is InChI=1S/C20H25N7O/c1-12-13(2)24-18(20(28)21-3)25-19(12)27-7-6-16(11-27)22-9-14-4-5-17-15(8-14)10-23-26-17/h4-5,8,10,16,22H,6-7,9,11H2,1-3H3,(H,21,28)(H,23,26)/t16-/m1/s1. The van der Waals surface area contributed by atoms with Gasteiger partial charge < -0.3 is 15.5 Å². The molecule has 1 saturated heterocycles. The second kappa shape index (κ2) is 7.55. The molecule has 0 unspecified atom stereocenters. The third-order valence-electron chi connectivity index (χ3n) is 5.38. The molecule has 1 aliphatic rings. The van der Waals surface area contributed by atoms with Gasteiger partial charge in [-0.05, 0) is 38.0 Å². The van der Waals surface area contributed by atoms with Crippen LogP contribution in [0, 0.1) is 13.8 Å². The Labute approximate surface area is 163 Å². The number of anilines is 1. The topological polar surface area (TPSA) is 98.8 Å². The van der Waals surface area contributed by atoms with Gasteiger partial charge in [0.15, 0.2) is 0 Å². The molecule has 3 heterocycles. The third-order valence-corrected chi connectivity index (χ3v) is 5.38. The summed E-state index contributed by atoms with van der Waals surface area (Å²) in [6.45, 7) is 6.51. The molecule has 1 atom stereocenters. The van der Waals surface area contributed by atoms with Gasteiger partial charge in [0.2, 0.25) is 5.82 Å². The van der Waals surface area contributed by atoms with Gasteiger partial charge in [0.25, 0.3) is 5.91 Å². The van der Waals surface area contributed by atoms with E-state index in [2.05, 4.69) is 53.9 Å². The molecule has 8 heteroatoms. The molecule has 2 aromatic heterocycles. The van der Waals surface area contributed by atoms with Gasteiger partial charge in [0.1, 0.15) is 5.82 Å². The second-order valence-electron chi connectivity index (χ2n) is 7.26. The lowest BCUT2D eigenvalue weighted by Crippen LogP contribution is -2.33. The van der Waals surface area contributed by atoms with Gasteiger partial charge in [-0.2, -0.15) is 5.10 Å². The zero-order chi connectivity index (χ0) is 19.7. The van der Waals surface area contributed by atoms with E-state index in [0.717, 1.165) is 54.0 Å². The van der Waals surface area contributed by atoms with Gasteiger partial charge in [-0.3, -0.25) is 9.89 Å². The van der Waals surface area contributed by atoms with Crippen molar-refractivity contribution in [2.24, 2.45) is 0 Å². The lowest BCUT2D eigenvalue weighted by molar-refractivity contribution is 0.0952. The first-order chi connectivity index (χ1) is 13.5. The van der Waals surface area contributed by atoms with E-state index < -0.39 is 0 Å². The van der Waals surface area contributed by atoms with Crippen LogP contribution in [0.2, 0.25) is 0 Å². The number of carbonyl (C=O) groups excluding carboxylic acids is 1. The number of aromatic nitrogens is 4. The van der Waals surface area contributed by atoms with Crippen LogP contribution in [0.1, 0.15) is 33.9 Å². The van der Waals surface area contributed by atoms with Crippen LogP contribution in [0.5, 0.6) is 0 Å². The maximum atomic E-state index is 12.0. The van der Waals surface area contributed by atoms with E-state index in [1.807, 2.05) is 20.0 Å². The van der Waals surface area contributed by atoms with Gasteiger partial charge in [-0.15, -0.1) is 0 Å². The SMILES string of the molecule is CNC(=O)c1nc(C)c(C)c(N2CC[C@@H](NCc3ccc4[nH]ncc4c3)C2)n1. The van der Waals surface area contributed by atoms with Gasteiger partial charge >= 0.3 is 0 Å². The number of benzene rings is 1. The lowest BCUT2D eigenvalue weighted by atomic mass is 10.1. The summed E-state index contributed by atoms with van der Waals surface area (Å²) in [4.78, 5) is 23.1. The first-order valence-electron chi connectivity index (χ1n) is 9.53. The molecule has 4 rings (SSSR count). The molecule has 0 bridgehead atoms. The number of rotatable bonds is 5. The molecule has 1 amide bonds. The van der Waals surface area contributed by atoms with Crippen molar-refractivity contribution in [3.05, 3.63) is 47.0 Å². The first kappa shape index (κ1) is 18.4. The van der Waals surface area contributed by atoms with Crippen LogP contribution in [0.25, 0.3) is 10.9 Å². The summed E-state index contributed by atoms with van der Waals surface area (Å²) in [6, 6.07) is 6.71. The molecule has 0 saturated carbocycles. The second-order valence-corrected chi connectivity index (χ2v) is 7.26. The van der Waals surface area contributed by atoms with Crippen molar-refractivity contribution in [1.29, 1.82) is 0 Å². The smallest absolute Gasteiger partial charge is 0.288 e. The fraction of sp³-hybridized carbons (Fsp3) is 0.400. The summed E-state index contributed by atoms with van der Waals surface area (Å²) in [5, 5.41) is 14.4. The van der Waals surface area contributed by atoms with E-state index in [4.69, 9.17) is 0 Å². The Balaban J connectivity index is 1.43. The van der Waals surface area contributed by atoms with Gasteiger partial charge in [-0.25, -0.2) is 9.97 Å². The number of fused-ring (bicyclic) bond motifs is 1. The Morgan fingerprint density at radius 3 is 3.00 bits per heavy atom. The quantitative estimate of drug-likeness (QED) is 0.624. The van der Waals surface area contributed by atoms with E-state index in [1.165, 1.54) is 5.56 Å². The summed E-state index contributed by atoms with van der Waals surface area (Å²) in [5.74, 6) is 0.827. The first-order valence-corrected chi connectivity index (χ1v) is 9.53. The molecule has 0 radical (unpaired) electrons. The zero-order valence-corrected chi connectivity index (χ0v) is 16.4. The van der Waals surface area contributed by atoms with Gasteiger partial charge in [0.05, 0.1) is 11.7 Å². The Kier molecular flexibility index (Phi) is 4.95. The van der Waals surface area contributed by atoms with Crippen molar-refractivity contribution in [1.82, 2.24) is 30.8 Å². The zero-order valence-electron chi connectivity index (χ0n) is 16.4. The van der Waals surface area contributed by atoms with E-state index in [0.29, 0.717) is 6.04 Å². The minimum atomic E-state index is -0.257. The van der Waals surface area contributed by atoms with Crippen LogP contribution in [-0.2, 0) is 6.54 Å². The molecule has 8 nitrogen and oxygen atoms in total. The molecular weight excluding hydrogens is 354 g/mol. The number of amides is 1. The monoisotopic (exact) mass is 379 g/mol. The average Bonchev–Trinajstić information content (AvgIpc) is 3.36. The molecular formula is C20H25N7O. The Morgan fingerprint density at radius 1 is 1.32 bits per heavy atom. The van der Waals surface area contributed by atoms with Crippen LogP contribution in [-0.4, -0.2) is 52.3 Å². The highest BCUT2D eigenvalue weighted by Crippen LogP contribution is 2.24. The highest BCUT2D eigenvalue weighted by Gasteiger charge is 2.26. The maximum Gasteiger partial charge on any atom is 0.288 e. The fourth-order valence-corrected chi connectivity index (χ4v) is 3.62. The minimum Gasteiger partial charge on any atom is -0.355 e. The molecule has 0 spiro atoms. The molecule has 1 aliphatic heterocycles. The van der Waals surface area contributed by atoms with E-state index in [1.54, 1.807) is 7.05 Å². The number of hydrogen-bond acceptors (Lipinski definition) is 6. The van der Waals surface area contributed by atoms with Crippen molar-refractivity contribution >= 4 is 22.6 Å². The Hall–Kier alpha value is -3.00. The number of carbonyl (C=O) groups is 1. The van der Waals surface area contributed by atoms with E-state index >= 15 is 0 Å². The van der Waals surface area contributed by atoms with Crippen LogP contribution < -0.4 is 15.5 Å². The molecule has 1 fully saturated rings. The average molecular weight is 379 g/mol. The molecule has 146 valence electrons. The summed E-state index contributed by atoms with van der Waals surface area (Å²) in [7, 11) is 1.59. The Morgan fingerprint density at radius 2 is 2.18 bits per heavy atom. The molecule has 0 aliphatic carbocycles. The van der Waals surface area contributed by atoms with Crippen LogP contribution in [0.4, 0.5) is 5.82 Å². The summed E-state index contributed by atoms with van der Waals surface area (Å²) in [6.07, 6.45) is 2.88. The molecule has 3 N–H and O–H groups in total. The maximum absolute atomic E-state index is 12.0. The number of aryl methyl sites for hydroxylation is 1. The summed E-state index contributed by atoms with van der Waals surface area (Å²) < 4.78 is 0. The van der Waals surface area contributed by atoms with E-state index in [-0.39, 0.29) is 11.7 Å². The predicted molar refractivity (Wildman–Crippen MR) is 108 cm³/mol. The highest BCUT2D eigenvalue weighted by molar-refractivity contribution is 5.90. The van der Waals surface area contributed by atoms with Crippen molar-refractivity contribution in [2.45, 2.75) is 32.9 Å². The van der Waals surface area contributed by atoms with Gasteiger partial charge in [0, 0.05) is 49.4 Å². The van der Waals surface area contributed by atoms with Crippen LogP contribution in [0.15, 0.2) is 24.4 Å². The minimum absolute atomic E-state index is 0.227. The van der Waals surface area contributed by atoms with E-state index in [9.17, 15) is 4.79 Å². The Bertz CT molecular complexity index is 1010. The summed E-state index contributed by atoms with van der Waals surface area (Å²) >= 11 is 0. The van der Waals surface area contributed by atoms with Crippen LogP contribution >= 0.6 is 0 Å². The number of nitrogens with zero attached hydrogens (tertiary/aromatic N) is 4. The third kappa shape index (κ3) is 3.55. The molecule has 1 aromatic carbocycles. The number of hydrogen-bond donors (Lipinski definition) is 3. The number of aromatic amines is 1. The van der Waals surface area contributed by atoms with Crippen molar-refractivity contribution < 1.29 is 4.79 Å². The normalized spacial score (nSPS) is 16.7. The predicted octanol–water partition coefficient (Wildman–Crippen LogP) is 1.70. The molecule has 28 heavy (non-hydrogen) atoms. The largest absolute Gasteiger partial charge is 0.355 e. The molecule has 3 aromatic rings. The van der Waals surface area contributed by atoms with Crippen LogP contribution in [0.3, 0.4) is 0 Å². The summed E-state index contributed by atoms with van der Waals surface area (Å²) in [5.41, 5.74) is 4.16. The van der Waals surface area contributed by atoms with Crippen molar-refractivity contribution in [3.8, 4) is 0 Å². The lowest BCUT2D eigenvalue weighted by Gasteiger charge is -2.21. The van der Waals surface area contributed by atoms with Crippen molar-refractivity contribution in [3.63, 3.8) is 0 Å². The fourth-order valence-electron chi connectivity index (χ4n) is 3.62.